The Kier molecular flexibility index (Phi) is 4.28. The highest BCUT2D eigenvalue weighted by Gasteiger charge is 2.35. The van der Waals surface area contributed by atoms with Gasteiger partial charge in [-0.25, -0.2) is 4.39 Å². The summed E-state index contributed by atoms with van der Waals surface area (Å²) in [5, 5.41) is 0.877. The number of pyridine rings is 1. The molecule has 0 radical (unpaired) electrons. The summed E-state index contributed by atoms with van der Waals surface area (Å²) in [7, 11) is 0. The monoisotopic (exact) mass is 420 g/mol. The van der Waals surface area contributed by atoms with Crippen molar-refractivity contribution in [2.75, 3.05) is 26.2 Å². The predicted molar refractivity (Wildman–Crippen MR) is 115 cm³/mol. The van der Waals surface area contributed by atoms with Crippen LogP contribution in [0.15, 0.2) is 41.2 Å². The largest absolute Gasteiger partial charge is 0.358 e. The van der Waals surface area contributed by atoms with Gasteiger partial charge in [-0.1, -0.05) is 6.07 Å². The van der Waals surface area contributed by atoms with Crippen molar-refractivity contribution >= 4 is 16.8 Å². The fourth-order valence-electron chi connectivity index (χ4n) is 5.82. The number of aromatic amines is 1. The third kappa shape index (κ3) is 3.19. The molecule has 160 valence electrons. The van der Waals surface area contributed by atoms with Crippen LogP contribution in [-0.4, -0.2) is 51.4 Å². The first kappa shape index (κ1) is 18.8. The Morgan fingerprint density at radius 1 is 1.16 bits per heavy atom. The summed E-state index contributed by atoms with van der Waals surface area (Å²) < 4.78 is 15.7. The molecular formula is C24H25FN4O2. The molecule has 5 heterocycles. The van der Waals surface area contributed by atoms with Crippen LogP contribution in [0.5, 0.6) is 0 Å². The summed E-state index contributed by atoms with van der Waals surface area (Å²) >= 11 is 0. The number of nitrogens with zero attached hydrogens (tertiary/aromatic N) is 3. The molecule has 3 aliphatic rings. The molecule has 7 heteroatoms. The Bertz CT molecular complexity index is 1250. The van der Waals surface area contributed by atoms with Crippen molar-refractivity contribution in [3.63, 3.8) is 0 Å². The van der Waals surface area contributed by atoms with Crippen molar-refractivity contribution in [2.24, 2.45) is 5.92 Å². The topological polar surface area (TPSA) is 61.3 Å². The number of amides is 1. The molecule has 1 aromatic carbocycles. The van der Waals surface area contributed by atoms with Gasteiger partial charge in [0.1, 0.15) is 5.82 Å². The molecule has 0 unspecified atom stereocenters. The van der Waals surface area contributed by atoms with Crippen LogP contribution in [0, 0.1) is 11.7 Å². The first-order valence-electron chi connectivity index (χ1n) is 11.0. The Balaban J connectivity index is 1.18. The van der Waals surface area contributed by atoms with Crippen molar-refractivity contribution in [1.29, 1.82) is 0 Å². The van der Waals surface area contributed by atoms with Gasteiger partial charge in [0.2, 0.25) is 5.91 Å². The van der Waals surface area contributed by atoms with Crippen LogP contribution >= 0.6 is 0 Å². The zero-order chi connectivity index (χ0) is 21.1. The Labute approximate surface area is 179 Å². The van der Waals surface area contributed by atoms with Crippen molar-refractivity contribution in [2.45, 2.75) is 31.8 Å². The number of H-pyrrole nitrogens is 1. The number of nitrogens with one attached hydrogen (secondary N) is 1. The third-order valence-corrected chi connectivity index (χ3v) is 7.20. The first-order chi connectivity index (χ1) is 15.0. The molecule has 6 nitrogen and oxygen atoms in total. The van der Waals surface area contributed by atoms with E-state index in [-0.39, 0.29) is 17.3 Å². The average Bonchev–Trinajstić information content (AvgIpc) is 3.11. The Hall–Kier alpha value is -2.93. The van der Waals surface area contributed by atoms with Crippen LogP contribution < -0.4 is 5.56 Å². The van der Waals surface area contributed by atoms with Gasteiger partial charge in [0.05, 0.1) is 6.54 Å². The molecule has 0 spiro atoms. The number of benzene rings is 1. The number of fused-ring (bicyclic) bond motifs is 7. The van der Waals surface area contributed by atoms with Crippen LogP contribution in [-0.2, 0) is 24.3 Å². The van der Waals surface area contributed by atoms with Gasteiger partial charge in [0.25, 0.3) is 5.56 Å². The van der Waals surface area contributed by atoms with Crippen LogP contribution in [0.3, 0.4) is 0 Å². The molecule has 3 aromatic rings. The van der Waals surface area contributed by atoms with E-state index in [0.29, 0.717) is 31.5 Å². The number of hydrogen-bond acceptors (Lipinski definition) is 3. The number of halogens is 1. The van der Waals surface area contributed by atoms with Gasteiger partial charge in [0.15, 0.2) is 0 Å². The molecule has 2 atom stereocenters. The summed E-state index contributed by atoms with van der Waals surface area (Å²) in [5.74, 6) is 0.585. The molecule has 2 bridgehead atoms. The molecule has 2 aromatic heterocycles. The normalized spacial score (nSPS) is 22.9. The lowest BCUT2D eigenvalue weighted by molar-refractivity contribution is -0.134. The molecule has 1 amide bonds. The molecule has 31 heavy (non-hydrogen) atoms. The van der Waals surface area contributed by atoms with Gasteiger partial charge in [-0.05, 0) is 36.6 Å². The SMILES string of the molecule is O=C(CN1C[C@@H]2C[C@@H](C1)c1cccc(=O)n1C2)N1CCc2[nH]c3ccc(F)cc3c2C1. The second-order valence-corrected chi connectivity index (χ2v) is 9.23. The Morgan fingerprint density at radius 3 is 2.97 bits per heavy atom. The maximum atomic E-state index is 13.8. The minimum Gasteiger partial charge on any atom is -0.358 e. The molecule has 1 fully saturated rings. The predicted octanol–water partition coefficient (Wildman–Crippen LogP) is 2.47. The second-order valence-electron chi connectivity index (χ2n) is 9.23. The summed E-state index contributed by atoms with van der Waals surface area (Å²) in [5.41, 5.74) is 4.26. The minimum atomic E-state index is -0.253. The molecule has 0 aliphatic carbocycles. The van der Waals surface area contributed by atoms with Crippen molar-refractivity contribution in [3.05, 3.63) is 69.5 Å². The number of carbonyl (C=O) groups excluding carboxylic acids is 1. The second kappa shape index (κ2) is 7.05. The molecule has 1 saturated heterocycles. The van der Waals surface area contributed by atoms with Crippen molar-refractivity contribution < 1.29 is 9.18 Å². The standard InChI is InChI=1S/C24H25FN4O2/c25-17-4-5-20-18(9-17)19-13-28(7-6-21(19)26-20)24(31)14-27-10-15-8-16(12-27)22-2-1-3-23(30)29(22)11-15/h1-5,9,15-16,26H,6-8,10-14H2/t15-,16-/m0/s1. The summed E-state index contributed by atoms with van der Waals surface area (Å²) in [6.07, 6.45) is 1.85. The average molecular weight is 420 g/mol. The van der Waals surface area contributed by atoms with Gasteiger partial charge in [0, 0.05) is 79.0 Å². The Morgan fingerprint density at radius 2 is 2.06 bits per heavy atom. The van der Waals surface area contributed by atoms with E-state index in [1.165, 1.54) is 6.07 Å². The molecule has 0 saturated carbocycles. The zero-order valence-corrected chi connectivity index (χ0v) is 17.3. The third-order valence-electron chi connectivity index (χ3n) is 7.20. The smallest absolute Gasteiger partial charge is 0.250 e. The van der Waals surface area contributed by atoms with E-state index >= 15 is 0 Å². The lowest BCUT2D eigenvalue weighted by atomic mass is 9.83. The summed E-state index contributed by atoms with van der Waals surface area (Å²) in [4.78, 5) is 32.9. The van der Waals surface area contributed by atoms with E-state index in [1.54, 1.807) is 18.2 Å². The van der Waals surface area contributed by atoms with E-state index in [4.69, 9.17) is 0 Å². The van der Waals surface area contributed by atoms with Gasteiger partial charge >= 0.3 is 0 Å². The number of piperidine rings is 1. The van der Waals surface area contributed by atoms with Gasteiger partial charge in [-0.15, -0.1) is 0 Å². The van der Waals surface area contributed by atoms with Gasteiger partial charge in [-0.3, -0.25) is 14.5 Å². The fourth-order valence-corrected chi connectivity index (χ4v) is 5.82. The van der Waals surface area contributed by atoms with Crippen molar-refractivity contribution in [1.82, 2.24) is 19.4 Å². The maximum Gasteiger partial charge on any atom is 0.250 e. The highest BCUT2D eigenvalue weighted by Crippen LogP contribution is 2.35. The maximum absolute atomic E-state index is 13.8. The zero-order valence-electron chi connectivity index (χ0n) is 17.3. The number of carbonyl (C=O) groups is 1. The van der Waals surface area contributed by atoms with E-state index in [0.717, 1.165) is 60.3 Å². The lowest BCUT2D eigenvalue weighted by Gasteiger charge is -2.43. The van der Waals surface area contributed by atoms with Gasteiger partial charge < -0.3 is 14.5 Å². The van der Waals surface area contributed by atoms with Crippen LogP contribution in [0.4, 0.5) is 4.39 Å². The summed E-state index contributed by atoms with van der Waals surface area (Å²) in [6.45, 7) is 4.00. The highest BCUT2D eigenvalue weighted by atomic mass is 19.1. The highest BCUT2D eigenvalue weighted by molar-refractivity contribution is 5.86. The minimum absolute atomic E-state index is 0.0796. The lowest BCUT2D eigenvalue weighted by Crippen LogP contribution is -2.50. The molecule has 3 aliphatic heterocycles. The number of rotatable bonds is 2. The van der Waals surface area contributed by atoms with E-state index < -0.39 is 0 Å². The van der Waals surface area contributed by atoms with E-state index in [1.807, 2.05) is 15.5 Å². The number of hydrogen-bond donors (Lipinski definition) is 1. The number of aromatic nitrogens is 2. The molecule has 6 rings (SSSR count). The van der Waals surface area contributed by atoms with Crippen LogP contribution in [0.1, 0.15) is 29.3 Å². The van der Waals surface area contributed by atoms with Crippen LogP contribution in [0.25, 0.3) is 10.9 Å². The molecule has 1 N–H and O–H groups in total. The summed E-state index contributed by atoms with van der Waals surface area (Å²) in [6, 6.07) is 10.3. The van der Waals surface area contributed by atoms with Crippen LogP contribution in [0.2, 0.25) is 0 Å². The first-order valence-corrected chi connectivity index (χ1v) is 11.0. The van der Waals surface area contributed by atoms with Gasteiger partial charge in [-0.2, -0.15) is 0 Å². The van der Waals surface area contributed by atoms with Crippen molar-refractivity contribution in [3.8, 4) is 0 Å². The quantitative estimate of drug-likeness (QED) is 0.693. The fraction of sp³-hybridized carbons (Fsp3) is 0.417. The number of likely N-dealkylation sites (tertiary alicyclic amines) is 1. The van der Waals surface area contributed by atoms with E-state index in [9.17, 15) is 14.0 Å². The molecular weight excluding hydrogens is 395 g/mol. The van der Waals surface area contributed by atoms with E-state index in [2.05, 4.69) is 16.0 Å².